The first-order chi connectivity index (χ1) is 8.90. The molecule has 0 heterocycles. The molecule has 1 N–H and O–H groups in total. The van der Waals surface area contributed by atoms with E-state index in [1.807, 2.05) is 19.9 Å². The second-order valence-corrected chi connectivity index (χ2v) is 3.89. The number of hydrogen-bond donors (Lipinski definition) is 1. The molecule has 2 aromatic carbocycles. The zero-order chi connectivity index (χ0) is 13.2. The third-order valence-corrected chi connectivity index (χ3v) is 2.68. The molecule has 0 aliphatic carbocycles. The van der Waals surface area contributed by atoms with Gasteiger partial charge in [0.05, 0.1) is 0 Å². The van der Waals surface area contributed by atoms with Crippen molar-refractivity contribution in [2.45, 2.75) is 26.7 Å². The van der Waals surface area contributed by atoms with Crippen LogP contribution in [0.25, 0.3) is 11.1 Å². The van der Waals surface area contributed by atoms with Crippen LogP contribution in [0.2, 0.25) is 0 Å². The Kier molecular flexibility index (Phi) is 6.82. The van der Waals surface area contributed by atoms with E-state index in [9.17, 15) is 0 Å². The molecule has 0 saturated carbocycles. The van der Waals surface area contributed by atoms with Crippen LogP contribution in [0.15, 0.2) is 54.6 Å². The number of benzene rings is 2. The molecule has 2 aromatic rings. The van der Waals surface area contributed by atoms with Crippen molar-refractivity contribution in [1.82, 2.24) is 0 Å². The molecule has 0 radical (unpaired) electrons. The monoisotopic (exact) mass is 242 g/mol. The number of aliphatic hydroxyl groups is 1. The van der Waals surface area contributed by atoms with Gasteiger partial charge in [-0.25, -0.2) is 0 Å². The van der Waals surface area contributed by atoms with Gasteiger partial charge in [-0.1, -0.05) is 68.4 Å². The molecular weight excluding hydrogens is 220 g/mol. The lowest BCUT2D eigenvalue weighted by Gasteiger charge is -2.03. The standard InChI is InChI=1S/C15H16O.C2H6/c16-12-4-5-13-8-10-15(11-9-13)14-6-2-1-3-7-14;1-2/h1-3,6-11,16H,4-5,12H2;1-2H3. The Morgan fingerprint density at radius 1 is 0.778 bits per heavy atom. The Morgan fingerprint density at radius 2 is 1.33 bits per heavy atom. The van der Waals surface area contributed by atoms with Crippen LogP contribution < -0.4 is 0 Å². The molecule has 0 aliphatic heterocycles. The highest BCUT2D eigenvalue weighted by Gasteiger charge is 1.97. The summed E-state index contributed by atoms with van der Waals surface area (Å²) in [6.07, 6.45) is 1.79. The Balaban J connectivity index is 0.000000771. The van der Waals surface area contributed by atoms with Crippen LogP contribution in [-0.2, 0) is 6.42 Å². The molecule has 2 rings (SSSR count). The van der Waals surface area contributed by atoms with Crippen LogP contribution in [0.1, 0.15) is 25.8 Å². The van der Waals surface area contributed by atoms with Crippen molar-refractivity contribution in [1.29, 1.82) is 0 Å². The van der Waals surface area contributed by atoms with Crippen molar-refractivity contribution in [3.63, 3.8) is 0 Å². The van der Waals surface area contributed by atoms with Crippen molar-refractivity contribution in [2.24, 2.45) is 0 Å². The van der Waals surface area contributed by atoms with Gasteiger partial charge >= 0.3 is 0 Å². The number of hydrogen-bond acceptors (Lipinski definition) is 1. The van der Waals surface area contributed by atoms with E-state index in [4.69, 9.17) is 5.11 Å². The van der Waals surface area contributed by atoms with Crippen molar-refractivity contribution in [3.05, 3.63) is 60.2 Å². The van der Waals surface area contributed by atoms with Crippen LogP contribution in [-0.4, -0.2) is 11.7 Å². The number of rotatable bonds is 4. The number of aliphatic hydroxyl groups excluding tert-OH is 1. The van der Waals surface area contributed by atoms with E-state index in [0.717, 1.165) is 12.8 Å². The molecule has 0 unspecified atom stereocenters. The van der Waals surface area contributed by atoms with E-state index in [-0.39, 0.29) is 6.61 Å². The average Bonchev–Trinajstić information content (AvgIpc) is 2.49. The summed E-state index contributed by atoms with van der Waals surface area (Å²) < 4.78 is 0. The summed E-state index contributed by atoms with van der Waals surface area (Å²) in [7, 11) is 0. The van der Waals surface area contributed by atoms with E-state index in [1.165, 1.54) is 16.7 Å². The maximum absolute atomic E-state index is 8.76. The minimum absolute atomic E-state index is 0.264. The van der Waals surface area contributed by atoms with Crippen LogP contribution in [0.5, 0.6) is 0 Å². The highest BCUT2D eigenvalue weighted by atomic mass is 16.2. The minimum Gasteiger partial charge on any atom is -0.396 e. The fourth-order valence-corrected chi connectivity index (χ4v) is 1.78. The van der Waals surface area contributed by atoms with Crippen LogP contribution in [0, 0.1) is 0 Å². The summed E-state index contributed by atoms with van der Waals surface area (Å²) >= 11 is 0. The van der Waals surface area contributed by atoms with E-state index < -0.39 is 0 Å². The predicted octanol–water partition coefficient (Wildman–Crippen LogP) is 4.30. The molecule has 0 aliphatic rings. The van der Waals surface area contributed by atoms with Crippen molar-refractivity contribution in [3.8, 4) is 11.1 Å². The lowest BCUT2D eigenvalue weighted by Crippen LogP contribution is -1.89. The van der Waals surface area contributed by atoms with Crippen LogP contribution in [0.3, 0.4) is 0 Å². The minimum atomic E-state index is 0.264. The third-order valence-electron chi connectivity index (χ3n) is 2.68. The van der Waals surface area contributed by atoms with Crippen molar-refractivity contribution < 1.29 is 5.11 Å². The summed E-state index contributed by atoms with van der Waals surface area (Å²) in [6.45, 7) is 4.26. The summed E-state index contributed by atoms with van der Waals surface area (Å²) in [5.74, 6) is 0. The van der Waals surface area contributed by atoms with Gasteiger partial charge in [-0.05, 0) is 29.5 Å². The molecule has 0 amide bonds. The molecule has 96 valence electrons. The molecule has 0 aromatic heterocycles. The normalized spacial score (nSPS) is 9.50. The molecule has 0 bridgehead atoms. The second kappa shape index (κ2) is 8.48. The van der Waals surface area contributed by atoms with Gasteiger partial charge in [0, 0.05) is 6.61 Å². The van der Waals surface area contributed by atoms with E-state index in [2.05, 4.69) is 48.5 Å². The second-order valence-electron chi connectivity index (χ2n) is 3.89. The van der Waals surface area contributed by atoms with Gasteiger partial charge in [0.25, 0.3) is 0 Å². The first-order valence-corrected chi connectivity index (χ1v) is 6.65. The first-order valence-electron chi connectivity index (χ1n) is 6.65. The van der Waals surface area contributed by atoms with E-state index >= 15 is 0 Å². The van der Waals surface area contributed by atoms with Gasteiger partial charge in [-0.15, -0.1) is 0 Å². The lowest BCUT2D eigenvalue weighted by molar-refractivity contribution is 0.288. The van der Waals surface area contributed by atoms with Crippen LogP contribution in [0.4, 0.5) is 0 Å². The zero-order valence-electron chi connectivity index (χ0n) is 11.3. The Bertz CT molecular complexity index is 417. The molecule has 1 heteroatoms. The summed E-state index contributed by atoms with van der Waals surface area (Å²) in [5, 5.41) is 8.76. The van der Waals surface area contributed by atoms with Crippen molar-refractivity contribution >= 4 is 0 Å². The molecule has 0 spiro atoms. The van der Waals surface area contributed by atoms with Crippen molar-refractivity contribution in [2.75, 3.05) is 6.61 Å². The predicted molar refractivity (Wildman–Crippen MR) is 78.6 cm³/mol. The maximum atomic E-state index is 8.76. The Morgan fingerprint density at radius 3 is 1.89 bits per heavy atom. The molecular formula is C17H22O. The smallest absolute Gasteiger partial charge is 0.0434 e. The lowest BCUT2D eigenvalue weighted by atomic mass is 10.0. The maximum Gasteiger partial charge on any atom is 0.0434 e. The van der Waals surface area contributed by atoms with Gasteiger partial charge in [0.15, 0.2) is 0 Å². The number of aryl methyl sites for hydroxylation is 1. The van der Waals surface area contributed by atoms with Gasteiger partial charge in [0.1, 0.15) is 0 Å². The average molecular weight is 242 g/mol. The summed E-state index contributed by atoms with van der Waals surface area (Å²) in [6, 6.07) is 18.9. The fraction of sp³-hybridized carbons (Fsp3) is 0.294. The van der Waals surface area contributed by atoms with Gasteiger partial charge in [-0.2, -0.15) is 0 Å². The molecule has 18 heavy (non-hydrogen) atoms. The van der Waals surface area contributed by atoms with E-state index in [0.29, 0.717) is 0 Å². The Labute approximate surface area is 110 Å². The van der Waals surface area contributed by atoms with Crippen LogP contribution >= 0.6 is 0 Å². The summed E-state index contributed by atoms with van der Waals surface area (Å²) in [5.41, 5.74) is 3.78. The quantitative estimate of drug-likeness (QED) is 0.847. The zero-order valence-corrected chi connectivity index (χ0v) is 11.3. The molecule has 0 atom stereocenters. The highest BCUT2D eigenvalue weighted by Crippen LogP contribution is 2.19. The first kappa shape index (κ1) is 14.5. The fourth-order valence-electron chi connectivity index (χ4n) is 1.78. The van der Waals surface area contributed by atoms with Gasteiger partial charge in [0.2, 0.25) is 0 Å². The molecule has 0 saturated heterocycles. The van der Waals surface area contributed by atoms with Gasteiger partial charge < -0.3 is 5.11 Å². The summed E-state index contributed by atoms with van der Waals surface area (Å²) in [4.78, 5) is 0. The Hall–Kier alpha value is -1.60. The van der Waals surface area contributed by atoms with E-state index in [1.54, 1.807) is 0 Å². The molecule has 0 fully saturated rings. The highest BCUT2D eigenvalue weighted by molar-refractivity contribution is 5.63. The SMILES string of the molecule is CC.OCCCc1ccc(-c2ccccc2)cc1. The topological polar surface area (TPSA) is 20.2 Å². The van der Waals surface area contributed by atoms with Gasteiger partial charge in [-0.3, -0.25) is 0 Å². The third kappa shape index (κ3) is 4.34. The largest absolute Gasteiger partial charge is 0.396 e. The molecule has 1 nitrogen and oxygen atoms in total.